The highest BCUT2D eigenvalue weighted by atomic mass is 32.1. The molecule has 1 aliphatic rings. The quantitative estimate of drug-likeness (QED) is 0.935. The van der Waals surface area contributed by atoms with Gasteiger partial charge in [0.2, 0.25) is 0 Å². The Balaban J connectivity index is 1.65. The Morgan fingerprint density at radius 1 is 1.43 bits per heavy atom. The van der Waals surface area contributed by atoms with E-state index in [1.807, 2.05) is 25.2 Å². The van der Waals surface area contributed by atoms with Gasteiger partial charge in [-0.3, -0.25) is 4.90 Å². The van der Waals surface area contributed by atoms with E-state index in [1.54, 1.807) is 0 Å². The Morgan fingerprint density at radius 2 is 2.26 bits per heavy atom. The van der Waals surface area contributed by atoms with E-state index in [1.165, 1.54) is 10.4 Å². The maximum atomic E-state index is 9.36. The maximum Gasteiger partial charge on any atom is 0.166 e. The molecule has 1 N–H and O–H groups in total. The summed E-state index contributed by atoms with van der Waals surface area (Å²) in [7, 11) is 0. The number of thiophene rings is 1. The van der Waals surface area contributed by atoms with Gasteiger partial charge in [-0.25, -0.2) is 0 Å². The summed E-state index contributed by atoms with van der Waals surface area (Å²) in [5.74, 6) is 0.593. The molecule has 0 fully saturated rings. The van der Waals surface area contributed by atoms with E-state index in [0.29, 0.717) is 17.4 Å². The Hall–Kier alpha value is -1.97. The van der Waals surface area contributed by atoms with Gasteiger partial charge in [-0.2, -0.15) is 10.4 Å². The summed E-state index contributed by atoms with van der Waals surface area (Å²) in [6.07, 6.45) is 1.13. The number of fused-ring (bicyclic) bond motifs is 1. The van der Waals surface area contributed by atoms with Crippen LogP contribution in [0.1, 0.15) is 34.2 Å². The van der Waals surface area contributed by atoms with E-state index < -0.39 is 0 Å². The molecule has 0 radical (unpaired) electrons. The summed E-state index contributed by atoms with van der Waals surface area (Å²) < 4.78 is 0. The first-order valence-electron chi connectivity index (χ1n) is 7.87. The molecule has 1 atom stereocenters. The fourth-order valence-electron chi connectivity index (χ4n) is 2.89. The first kappa shape index (κ1) is 15.9. The fourth-order valence-corrected chi connectivity index (χ4v) is 3.78. The van der Waals surface area contributed by atoms with Crippen LogP contribution in [0.15, 0.2) is 11.4 Å². The number of anilines is 1. The lowest BCUT2D eigenvalue weighted by atomic mass is 10.1. The number of nitrogens with zero attached hydrogens (tertiary/aromatic N) is 4. The first-order chi connectivity index (χ1) is 11.1. The number of rotatable bonds is 4. The molecule has 0 aromatic carbocycles. The molecular formula is C17H21N5S. The second kappa shape index (κ2) is 6.65. The molecule has 1 aliphatic heterocycles. The number of nitrogens with one attached hydrogen (secondary N) is 1. The van der Waals surface area contributed by atoms with E-state index in [2.05, 4.69) is 44.9 Å². The van der Waals surface area contributed by atoms with Crippen molar-refractivity contribution in [1.82, 2.24) is 15.1 Å². The zero-order valence-corrected chi connectivity index (χ0v) is 14.6. The predicted octanol–water partition coefficient (Wildman–Crippen LogP) is 2.89. The molecule has 3 rings (SSSR count). The summed E-state index contributed by atoms with van der Waals surface area (Å²) in [5.41, 5.74) is 3.76. The van der Waals surface area contributed by atoms with Gasteiger partial charge >= 0.3 is 0 Å². The highest BCUT2D eigenvalue weighted by Gasteiger charge is 2.21. The van der Waals surface area contributed by atoms with E-state index >= 15 is 0 Å². The molecule has 0 saturated carbocycles. The molecule has 6 heteroatoms. The summed E-state index contributed by atoms with van der Waals surface area (Å²) in [5, 5.41) is 23.1. The van der Waals surface area contributed by atoms with E-state index in [9.17, 15) is 5.26 Å². The van der Waals surface area contributed by atoms with E-state index in [4.69, 9.17) is 0 Å². The summed E-state index contributed by atoms with van der Waals surface area (Å²) in [6, 6.07) is 4.84. The maximum absolute atomic E-state index is 9.36. The van der Waals surface area contributed by atoms with E-state index in [0.717, 1.165) is 37.3 Å². The van der Waals surface area contributed by atoms with Crippen LogP contribution in [0, 0.1) is 25.2 Å². The lowest BCUT2D eigenvalue weighted by Crippen LogP contribution is -2.41. The Bertz CT molecular complexity index is 746. The Kier molecular flexibility index (Phi) is 4.60. The topological polar surface area (TPSA) is 64.8 Å². The normalized spacial score (nSPS) is 15.7. The molecule has 3 heterocycles. The molecule has 2 aromatic rings. The minimum absolute atomic E-state index is 0.373. The lowest BCUT2D eigenvalue weighted by molar-refractivity contribution is 0.200. The third kappa shape index (κ3) is 3.21. The van der Waals surface area contributed by atoms with Crippen molar-refractivity contribution in [3.8, 4) is 6.07 Å². The van der Waals surface area contributed by atoms with Crippen LogP contribution in [0.25, 0.3) is 0 Å². The first-order valence-corrected chi connectivity index (χ1v) is 8.75. The van der Waals surface area contributed by atoms with Crippen molar-refractivity contribution >= 4 is 17.2 Å². The van der Waals surface area contributed by atoms with Crippen LogP contribution in [0.2, 0.25) is 0 Å². The van der Waals surface area contributed by atoms with Gasteiger partial charge in [0.05, 0.1) is 5.69 Å². The van der Waals surface area contributed by atoms with Gasteiger partial charge in [0.25, 0.3) is 0 Å². The third-order valence-corrected chi connectivity index (χ3v) is 5.61. The molecule has 0 aliphatic carbocycles. The Labute approximate surface area is 141 Å². The monoisotopic (exact) mass is 327 g/mol. The summed E-state index contributed by atoms with van der Waals surface area (Å²) in [6.45, 7) is 8.85. The molecule has 0 amide bonds. The molecule has 120 valence electrons. The van der Waals surface area contributed by atoms with Crippen LogP contribution in [0.4, 0.5) is 5.82 Å². The molecular weight excluding hydrogens is 306 g/mol. The fraction of sp³-hybridized carbons (Fsp3) is 0.471. The average Bonchev–Trinajstić information content (AvgIpc) is 3.03. The second-order valence-electron chi connectivity index (χ2n) is 6.07. The minimum Gasteiger partial charge on any atom is -0.366 e. The smallest absolute Gasteiger partial charge is 0.166 e. The number of aryl methyl sites for hydroxylation is 1. The van der Waals surface area contributed by atoms with Crippen molar-refractivity contribution < 1.29 is 0 Å². The van der Waals surface area contributed by atoms with Gasteiger partial charge in [-0.05, 0) is 49.8 Å². The van der Waals surface area contributed by atoms with Gasteiger partial charge in [0, 0.05) is 30.6 Å². The molecule has 0 saturated heterocycles. The largest absolute Gasteiger partial charge is 0.366 e. The zero-order chi connectivity index (χ0) is 16.4. The number of nitriles is 1. The van der Waals surface area contributed by atoms with Gasteiger partial charge in [-0.15, -0.1) is 16.4 Å². The molecule has 5 nitrogen and oxygen atoms in total. The SMILES string of the molecule is Cc1nnc(NCC(C)N2CCc3sccc3C2)c(C#N)c1C. The predicted molar refractivity (Wildman–Crippen MR) is 92.6 cm³/mol. The average molecular weight is 327 g/mol. The van der Waals surface area contributed by atoms with Crippen LogP contribution in [-0.4, -0.2) is 34.2 Å². The molecule has 23 heavy (non-hydrogen) atoms. The van der Waals surface area contributed by atoms with Crippen LogP contribution in [0.5, 0.6) is 0 Å². The van der Waals surface area contributed by atoms with Crippen molar-refractivity contribution in [2.75, 3.05) is 18.4 Å². The zero-order valence-electron chi connectivity index (χ0n) is 13.8. The van der Waals surface area contributed by atoms with Gasteiger partial charge < -0.3 is 5.32 Å². The van der Waals surface area contributed by atoms with Crippen LogP contribution < -0.4 is 5.32 Å². The molecule has 0 bridgehead atoms. The van der Waals surface area contributed by atoms with Gasteiger partial charge in [0.1, 0.15) is 11.6 Å². The van der Waals surface area contributed by atoms with Gasteiger partial charge in [0.15, 0.2) is 5.82 Å². The van der Waals surface area contributed by atoms with Crippen molar-refractivity contribution in [2.45, 2.75) is 39.8 Å². The van der Waals surface area contributed by atoms with Crippen LogP contribution in [-0.2, 0) is 13.0 Å². The molecule has 0 spiro atoms. The van der Waals surface area contributed by atoms with Crippen molar-refractivity contribution in [2.24, 2.45) is 0 Å². The number of hydrogen-bond donors (Lipinski definition) is 1. The highest BCUT2D eigenvalue weighted by Crippen LogP contribution is 2.25. The van der Waals surface area contributed by atoms with Crippen molar-refractivity contribution in [1.29, 1.82) is 5.26 Å². The van der Waals surface area contributed by atoms with Crippen LogP contribution >= 0.6 is 11.3 Å². The lowest BCUT2D eigenvalue weighted by Gasteiger charge is -2.32. The highest BCUT2D eigenvalue weighted by molar-refractivity contribution is 7.10. The molecule has 2 aromatic heterocycles. The second-order valence-corrected chi connectivity index (χ2v) is 7.07. The van der Waals surface area contributed by atoms with Gasteiger partial charge in [-0.1, -0.05) is 0 Å². The molecule has 1 unspecified atom stereocenters. The van der Waals surface area contributed by atoms with Crippen molar-refractivity contribution in [3.63, 3.8) is 0 Å². The summed E-state index contributed by atoms with van der Waals surface area (Å²) in [4.78, 5) is 4.00. The number of hydrogen-bond acceptors (Lipinski definition) is 6. The number of aromatic nitrogens is 2. The third-order valence-electron chi connectivity index (χ3n) is 4.59. The van der Waals surface area contributed by atoms with Crippen molar-refractivity contribution in [3.05, 3.63) is 38.7 Å². The van der Waals surface area contributed by atoms with E-state index in [-0.39, 0.29) is 0 Å². The summed E-state index contributed by atoms with van der Waals surface area (Å²) >= 11 is 1.86. The Morgan fingerprint density at radius 3 is 3.04 bits per heavy atom. The minimum atomic E-state index is 0.373. The van der Waals surface area contributed by atoms with Crippen LogP contribution in [0.3, 0.4) is 0 Å². The standard InChI is InChI=1S/C17H21N5S/c1-11(22-6-4-16-14(10-22)5-7-23-16)9-19-17-15(8-18)12(2)13(3)20-21-17/h5,7,11H,4,6,9-10H2,1-3H3,(H,19,21).